The molecule has 0 aliphatic rings. The van der Waals surface area contributed by atoms with Gasteiger partial charge in [0.2, 0.25) is 0 Å². The van der Waals surface area contributed by atoms with E-state index >= 15 is 0 Å². The van der Waals surface area contributed by atoms with Crippen LogP contribution in [0.1, 0.15) is 70.2 Å². The molecule has 0 fully saturated rings. The Bertz CT molecular complexity index is 491. The number of esters is 1. The van der Waals surface area contributed by atoms with Gasteiger partial charge in [0.25, 0.3) is 5.91 Å². The Morgan fingerprint density at radius 3 is 2.30 bits per heavy atom. The molecule has 1 aromatic carbocycles. The fourth-order valence-corrected chi connectivity index (χ4v) is 2.23. The van der Waals surface area contributed by atoms with Crippen LogP contribution in [0.4, 0.5) is 0 Å². The van der Waals surface area contributed by atoms with E-state index in [2.05, 4.69) is 12.2 Å². The van der Waals surface area contributed by atoms with Crippen LogP contribution in [0.25, 0.3) is 0 Å². The molecule has 0 heterocycles. The van der Waals surface area contributed by atoms with Gasteiger partial charge in [-0.1, -0.05) is 50.8 Å². The average molecular weight is 319 g/mol. The average Bonchev–Trinajstić information content (AvgIpc) is 2.49. The molecule has 1 amide bonds. The van der Waals surface area contributed by atoms with Crippen LogP contribution in [0.3, 0.4) is 0 Å². The van der Waals surface area contributed by atoms with Crippen LogP contribution >= 0.6 is 0 Å². The largest absolute Gasteiger partial charge is 0.458 e. The standard InChI is InChI=1S/C19H29NO3/c1-5-6-7-11-14-16(18(22)23-19(2,3)4)20-17(21)15-12-9-8-10-13-15/h8-10,12-13,16H,5-7,11,14H2,1-4H3,(H,20,21)/t16-/m0/s1. The molecule has 0 saturated carbocycles. The Labute approximate surface area is 139 Å². The van der Waals surface area contributed by atoms with Gasteiger partial charge in [-0.05, 0) is 39.3 Å². The maximum atomic E-state index is 12.4. The third kappa shape index (κ3) is 7.82. The van der Waals surface area contributed by atoms with Gasteiger partial charge in [0, 0.05) is 5.56 Å². The minimum absolute atomic E-state index is 0.239. The Balaban J connectivity index is 2.69. The second kappa shape index (κ2) is 9.33. The van der Waals surface area contributed by atoms with Crippen molar-refractivity contribution in [3.8, 4) is 0 Å². The third-order valence-corrected chi connectivity index (χ3v) is 3.38. The lowest BCUT2D eigenvalue weighted by molar-refractivity contribution is -0.157. The van der Waals surface area contributed by atoms with Gasteiger partial charge in [0.1, 0.15) is 11.6 Å². The predicted octanol–water partition coefficient (Wildman–Crippen LogP) is 4.10. The zero-order chi connectivity index (χ0) is 17.3. The highest BCUT2D eigenvalue weighted by atomic mass is 16.6. The highest BCUT2D eigenvalue weighted by molar-refractivity contribution is 5.96. The van der Waals surface area contributed by atoms with Crippen molar-refractivity contribution in [1.82, 2.24) is 5.32 Å². The summed E-state index contributed by atoms with van der Waals surface area (Å²) < 4.78 is 5.44. The van der Waals surface area contributed by atoms with E-state index in [-0.39, 0.29) is 11.9 Å². The number of amides is 1. The van der Waals surface area contributed by atoms with Crippen molar-refractivity contribution in [3.05, 3.63) is 35.9 Å². The number of nitrogens with one attached hydrogen (secondary N) is 1. The summed E-state index contributed by atoms with van der Waals surface area (Å²) in [6.45, 7) is 7.64. The highest BCUT2D eigenvalue weighted by Gasteiger charge is 2.26. The first-order chi connectivity index (χ1) is 10.8. The normalized spacial score (nSPS) is 12.5. The third-order valence-electron chi connectivity index (χ3n) is 3.38. The van der Waals surface area contributed by atoms with Gasteiger partial charge in [0.15, 0.2) is 0 Å². The summed E-state index contributed by atoms with van der Waals surface area (Å²) >= 11 is 0. The van der Waals surface area contributed by atoms with Crippen LogP contribution in [0.15, 0.2) is 30.3 Å². The number of unbranched alkanes of at least 4 members (excludes halogenated alkanes) is 3. The molecule has 128 valence electrons. The van der Waals surface area contributed by atoms with E-state index in [4.69, 9.17) is 4.74 Å². The van der Waals surface area contributed by atoms with Gasteiger partial charge in [-0.3, -0.25) is 4.79 Å². The Kier molecular flexibility index (Phi) is 7.79. The molecule has 0 radical (unpaired) electrons. The minimum Gasteiger partial charge on any atom is -0.458 e. The smallest absolute Gasteiger partial charge is 0.329 e. The van der Waals surface area contributed by atoms with Crippen molar-refractivity contribution in [3.63, 3.8) is 0 Å². The minimum atomic E-state index is -0.598. The van der Waals surface area contributed by atoms with Crippen LogP contribution in [0.5, 0.6) is 0 Å². The number of benzene rings is 1. The maximum absolute atomic E-state index is 12.4. The van der Waals surface area contributed by atoms with Crippen molar-refractivity contribution in [2.45, 2.75) is 71.4 Å². The lowest BCUT2D eigenvalue weighted by Gasteiger charge is -2.24. The van der Waals surface area contributed by atoms with Crippen LogP contribution in [0.2, 0.25) is 0 Å². The lowest BCUT2D eigenvalue weighted by atomic mass is 10.1. The van der Waals surface area contributed by atoms with E-state index in [0.717, 1.165) is 25.7 Å². The van der Waals surface area contributed by atoms with Crippen molar-refractivity contribution in [2.75, 3.05) is 0 Å². The molecule has 0 bridgehead atoms. The molecule has 4 nitrogen and oxygen atoms in total. The first-order valence-corrected chi connectivity index (χ1v) is 8.42. The summed E-state index contributed by atoms with van der Waals surface area (Å²) in [7, 11) is 0. The molecule has 1 rings (SSSR count). The number of rotatable bonds is 8. The first kappa shape index (κ1) is 19.2. The number of ether oxygens (including phenoxy) is 1. The fourth-order valence-electron chi connectivity index (χ4n) is 2.23. The van der Waals surface area contributed by atoms with Crippen LogP contribution in [-0.2, 0) is 9.53 Å². The van der Waals surface area contributed by atoms with Gasteiger partial charge in [-0.25, -0.2) is 4.79 Å². The summed E-state index contributed by atoms with van der Waals surface area (Å²) in [5.41, 5.74) is -0.00873. The topological polar surface area (TPSA) is 55.4 Å². The second-order valence-corrected chi connectivity index (χ2v) is 6.77. The lowest BCUT2D eigenvalue weighted by Crippen LogP contribution is -2.44. The highest BCUT2D eigenvalue weighted by Crippen LogP contribution is 2.13. The monoisotopic (exact) mass is 319 g/mol. The number of carbonyl (C=O) groups excluding carboxylic acids is 2. The Morgan fingerprint density at radius 1 is 1.09 bits per heavy atom. The first-order valence-electron chi connectivity index (χ1n) is 8.42. The zero-order valence-corrected chi connectivity index (χ0v) is 14.7. The second-order valence-electron chi connectivity index (χ2n) is 6.77. The van der Waals surface area contributed by atoms with Gasteiger partial charge in [0.05, 0.1) is 0 Å². The van der Waals surface area contributed by atoms with E-state index in [1.807, 2.05) is 26.8 Å². The Hall–Kier alpha value is -1.84. The molecule has 23 heavy (non-hydrogen) atoms. The molecule has 0 unspecified atom stereocenters. The number of carbonyl (C=O) groups is 2. The summed E-state index contributed by atoms with van der Waals surface area (Å²) in [4.78, 5) is 24.6. The van der Waals surface area contributed by atoms with Crippen LogP contribution < -0.4 is 5.32 Å². The van der Waals surface area contributed by atoms with Crippen LogP contribution in [-0.4, -0.2) is 23.5 Å². The van der Waals surface area contributed by atoms with E-state index in [0.29, 0.717) is 12.0 Å². The van der Waals surface area contributed by atoms with Gasteiger partial charge in [-0.15, -0.1) is 0 Å². The van der Waals surface area contributed by atoms with Gasteiger partial charge >= 0.3 is 5.97 Å². The molecule has 1 aromatic rings. The summed E-state index contributed by atoms with van der Waals surface area (Å²) in [5, 5.41) is 2.82. The van der Waals surface area contributed by atoms with Crippen molar-refractivity contribution >= 4 is 11.9 Å². The maximum Gasteiger partial charge on any atom is 0.329 e. The molecule has 0 spiro atoms. The fraction of sp³-hybridized carbons (Fsp3) is 0.579. The Morgan fingerprint density at radius 2 is 1.74 bits per heavy atom. The van der Waals surface area contributed by atoms with E-state index in [9.17, 15) is 9.59 Å². The predicted molar refractivity (Wildman–Crippen MR) is 92.3 cm³/mol. The van der Waals surface area contributed by atoms with Gasteiger partial charge < -0.3 is 10.1 Å². The van der Waals surface area contributed by atoms with Crippen molar-refractivity contribution < 1.29 is 14.3 Å². The van der Waals surface area contributed by atoms with E-state index < -0.39 is 11.6 Å². The number of hydrogen-bond acceptors (Lipinski definition) is 3. The van der Waals surface area contributed by atoms with Crippen molar-refractivity contribution in [1.29, 1.82) is 0 Å². The molecule has 0 aliphatic heterocycles. The molecule has 0 aliphatic carbocycles. The molecule has 0 saturated heterocycles. The van der Waals surface area contributed by atoms with E-state index in [1.165, 1.54) is 0 Å². The number of hydrogen-bond donors (Lipinski definition) is 1. The quantitative estimate of drug-likeness (QED) is 0.580. The van der Waals surface area contributed by atoms with Crippen molar-refractivity contribution in [2.24, 2.45) is 0 Å². The molecule has 0 aromatic heterocycles. The van der Waals surface area contributed by atoms with Gasteiger partial charge in [-0.2, -0.15) is 0 Å². The molecule has 1 N–H and O–H groups in total. The SMILES string of the molecule is CCCCCC[C@H](NC(=O)c1ccccc1)C(=O)OC(C)(C)C. The van der Waals surface area contributed by atoms with Crippen LogP contribution in [0, 0.1) is 0 Å². The summed E-state index contributed by atoms with van der Waals surface area (Å²) in [6.07, 6.45) is 4.82. The molecular formula is C19H29NO3. The summed E-state index contributed by atoms with van der Waals surface area (Å²) in [5.74, 6) is -0.602. The molecule has 4 heteroatoms. The summed E-state index contributed by atoms with van der Waals surface area (Å²) in [6, 6.07) is 8.33. The molecule has 1 atom stereocenters. The molecular weight excluding hydrogens is 290 g/mol. The van der Waals surface area contributed by atoms with E-state index in [1.54, 1.807) is 24.3 Å². The zero-order valence-electron chi connectivity index (χ0n) is 14.7.